The fourth-order valence-electron chi connectivity index (χ4n) is 1.72. The number of nitrogens with zero attached hydrogens (tertiary/aromatic N) is 2. The molecule has 0 bridgehead atoms. The molecule has 0 aliphatic heterocycles. The molecule has 0 saturated carbocycles. The number of rotatable bonds is 4. The van der Waals surface area contributed by atoms with Gasteiger partial charge < -0.3 is 5.32 Å². The van der Waals surface area contributed by atoms with Gasteiger partial charge in [-0.3, -0.25) is 4.98 Å². The summed E-state index contributed by atoms with van der Waals surface area (Å²) in [6.45, 7) is 1.93. The maximum atomic E-state index is 11.7. The third kappa shape index (κ3) is 3.29. The predicted molar refractivity (Wildman–Crippen MR) is 73.6 cm³/mol. The molecule has 0 fully saturated rings. The van der Waals surface area contributed by atoms with Gasteiger partial charge in [0.05, 0.1) is 6.04 Å². The van der Waals surface area contributed by atoms with E-state index >= 15 is 0 Å². The van der Waals surface area contributed by atoms with Crippen molar-refractivity contribution in [1.82, 2.24) is 9.97 Å². The van der Waals surface area contributed by atoms with E-state index in [9.17, 15) is 8.42 Å². The van der Waals surface area contributed by atoms with Gasteiger partial charge in [-0.2, -0.15) is 0 Å². The largest absolute Gasteiger partial charge is 0.362 e. The highest BCUT2D eigenvalue weighted by Crippen LogP contribution is 2.22. The minimum absolute atomic E-state index is 0.0795. The molecule has 2 heterocycles. The molecule has 0 amide bonds. The lowest BCUT2D eigenvalue weighted by Crippen LogP contribution is -2.12. The molecule has 0 saturated heterocycles. The number of hydrogen-bond donors (Lipinski definition) is 1. The quantitative estimate of drug-likeness (QED) is 0.926. The van der Waals surface area contributed by atoms with Crippen LogP contribution in [0, 0.1) is 0 Å². The topological polar surface area (TPSA) is 72.0 Å². The summed E-state index contributed by atoms with van der Waals surface area (Å²) in [7, 11) is -3.30. The second kappa shape index (κ2) is 5.36. The number of anilines is 1. The van der Waals surface area contributed by atoms with Crippen molar-refractivity contribution in [3.63, 3.8) is 0 Å². The van der Waals surface area contributed by atoms with Crippen molar-refractivity contribution in [3.05, 3.63) is 48.4 Å². The zero-order chi connectivity index (χ0) is 13.9. The van der Waals surface area contributed by atoms with Gasteiger partial charge in [-0.1, -0.05) is 6.07 Å². The van der Waals surface area contributed by atoms with Gasteiger partial charge in [-0.15, -0.1) is 0 Å². The maximum absolute atomic E-state index is 11.7. The van der Waals surface area contributed by atoms with Crippen LogP contribution in [0.3, 0.4) is 0 Å². The van der Waals surface area contributed by atoms with Crippen molar-refractivity contribution in [1.29, 1.82) is 0 Å². The average Bonchev–Trinajstić information content (AvgIpc) is 2.39. The Kier molecular flexibility index (Phi) is 3.80. The number of nitrogens with one attached hydrogen (secondary N) is 1. The van der Waals surface area contributed by atoms with Crippen molar-refractivity contribution in [2.45, 2.75) is 17.9 Å². The summed E-state index contributed by atoms with van der Waals surface area (Å²) < 4.78 is 23.4. The summed E-state index contributed by atoms with van der Waals surface area (Å²) in [5.41, 5.74) is 0.965. The molecule has 5 nitrogen and oxygen atoms in total. The lowest BCUT2D eigenvalue weighted by Gasteiger charge is -2.16. The first-order valence-corrected chi connectivity index (χ1v) is 7.69. The van der Waals surface area contributed by atoms with E-state index in [4.69, 9.17) is 0 Å². The van der Waals surface area contributed by atoms with Gasteiger partial charge in [0.25, 0.3) is 0 Å². The Morgan fingerprint density at radius 1 is 1.21 bits per heavy atom. The van der Waals surface area contributed by atoms with Gasteiger partial charge in [0.15, 0.2) is 9.84 Å². The molecule has 100 valence electrons. The Morgan fingerprint density at radius 2 is 1.95 bits per heavy atom. The lowest BCUT2D eigenvalue weighted by atomic mass is 10.1. The van der Waals surface area contributed by atoms with Crippen LogP contribution >= 0.6 is 0 Å². The first-order valence-electron chi connectivity index (χ1n) is 5.80. The Hall–Kier alpha value is -1.95. The van der Waals surface area contributed by atoms with Gasteiger partial charge in [-0.25, -0.2) is 13.4 Å². The van der Waals surface area contributed by atoms with Crippen molar-refractivity contribution in [3.8, 4) is 0 Å². The molecular weight excluding hydrogens is 262 g/mol. The smallest absolute Gasteiger partial charge is 0.179 e. The van der Waals surface area contributed by atoms with Gasteiger partial charge in [-0.05, 0) is 30.7 Å². The molecule has 2 rings (SSSR count). The number of sulfone groups is 1. The van der Waals surface area contributed by atoms with E-state index in [0.29, 0.717) is 5.82 Å². The zero-order valence-corrected chi connectivity index (χ0v) is 11.6. The number of aromatic nitrogens is 2. The second-order valence-electron chi connectivity index (χ2n) is 4.27. The third-order valence-electron chi connectivity index (χ3n) is 2.71. The highest BCUT2D eigenvalue weighted by Gasteiger charge is 2.16. The van der Waals surface area contributed by atoms with Crippen LogP contribution in [-0.4, -0.2) is 24.6 Å². The summed E-state index contributed by atoms with van der Waals surface area (Å²) in [6, 6.07) is 6.83. The number of pyridine rings is 2. The summed E-state index contributed by atoms with van der Waals surface area (Å²) in [4.78, 5) is 8.34. The van der Waals surface area contributed by atoms with Crippen molar-refractivity contribution in [2.24, 2.45) is 0 Å². The molecule has 0 aromatic carbocycles. The highest BCUT2D eigenvalue weighted by atomic mass is 32.2. The second-order valence-corrected chi connectivity index (χ2v) is 6.26. The maximum Gasteiger partial charge on any atom is 0.179 e. The molecule has 2 aromatic heterocycles. The van der Waals surface area contributed by atoms with Crippen LogP contribution in [0.15, 0.2) is 47.8 Å². The van der Waals surface area contributed by atoms with E-state index in [1.165, 1.54) is 6.26 Å². The van der Waals surface area contributed by atoms with Crippen LogP contribution in [0.2, 0.25) is 0 Å². The molecule has 6 heteroatoms. The van der Waals surface area contributed by atoms with Crippen LogP contribution in [0.25, 0.3) is 0 Å². The molecule has 1 N–H and O–H groups in total. The van der Waals surface area contributed by atoms with Gasteiger partial charge in [0.1, 0.15) is 10.7 Å². The van der Waals surface area contributed by atoms with Crippen LogP contribution in [-0.2, 0) is 9.84 Å². The van der Waals surface area contributed by atoms with E-state index in [1.807, 2.05) is 19.1 Å². The standard InChI is InChI=1S/C13H15N3O2S/c1-10(11-5-3-7-14-9-11)16-13-12(19(2,17)18)6-4-8-15-13/h3-10H,1-2H3,(H,15,16). The Balaban J connectivity index is 2.30. The first kappa shape index (κ1) is 13.5. The van der Waals surface area contributed by atoms with E-state index in [0.717, 1.165) is 5.56 Å². The van der Waals surface area contributed by atoms with Crippen LogP contribution < -0.4 is 5.32 Å². The highest BCUT2D eigenvalue weighted by molar-refractivity contribution is 7.90. The summed E-state index contributed by atoms with van der Waals surface area (Å²) >= 11 is 0. The molecular formula is C13H15N3O2S. The average molecular weight is 277 g/mol. The molecule has 1 unspecified atom stereocenters. The van der Waals surface area contributed by atoms with Crippen LogP contribution in [0.1, 0.15) is 18.5 Å². The minimum atomic E-state index is -3.30. The van der Waals surface area contributed by atoms with E-state index in [1.54, 1.807) is 30.7 Å². The summed E-state index contributed by atoms with van der Waals surface area (Å²) in [6.07, 6.45) is 6.16. The van der Waals surface area contributed by atoms with Crippen molar-refractivity contribution in [2.75, 3.05) is 11.6 Å². The van der Waals surface area contributed by atoms with E-state index in [-0.39, 0.29) is 10.9 Å². The van der Waals surface area contributed by atoms with Gasteiger partial charge in [0, 0.05) is 24.8 Å². The summed E-state index contributed by atoms with van der Waals surface area (Å²) in [5, 5.41) is 3.10. The summed E-state index contributed by atoms with van der Waals surface area (Å²) in [5.74, 6) is 0.362. The first-order chi connectivity index (χ1) is 8.98. The molecule has 0 aliphatic rings. The Bertz CT molecular complexity index is 657. The van der Waals surface area contributed by atoms with E-state index in [2.05, 4.69) is 15.3 Å². The van der Waals surface area contributed by atoms with Crippen LogP contribution in [0.4, 0.5) is 5.82 Å². The molecule has 0 radical (unpaired) electrons. The van der Waals surface area contributed by atoms with Gasteiger partial charge >= 0.3 is 0 Å². The van der Waals surface area contributed by atoms with Gasteiger partial charge in [0.2, 0.25) is 0 Å². The lowest BCUT2D eigenvalue weighted by molar-refractivity contribution is 0.601. The SMILES string of the molecule is CC(Nc1ncccc1S(C)(=O)=O)c1cccnc1. The normalized spacial score (nSPS) is 12.9. The minimum Gasteiger partial charge on any atom is -0.362 e. The fourth-order valence-corrected chi connectivity index (χ4v) is 2.51. The monoisotopic (exact) mass is 277 g/mol. The Labute approximate surface area is 112 Å². The molecule has 19 heavy (non-hydrogen) atoms. The predicted octanol–water partition coefficient (Wildman–Crippen LogP) is 2.05. The van der Waals surface area contributed by atoms with E-state index < -0.39 is 9.84 Å². The third-order valence-corrected chi connectivity index (χ3v) is 3.84. The molecule has 1 atom stereocenters. The van der Waals surface area contributed by atoms with Crippen LogP contribution in [0.5, 0.6) is 0 Å². The van der Waals surface area contributed by atoms with Crippen molar-refractivity contribution >= 4 is 15.7 Å². The molecule has 0 spiro atoms. The van der Waals surface area contributed by atoms with Crippen molar-refractivity contribution < 1.29 is 8.42 Å². The molecule has 0 aliphatic carbocycles. The fraction of sp³-hybridized carbons (Fsp3) is 0.231. The number of hydrogen-bond acceptors (Lipinski definition) is 5. The molecule has 2 aromatic rings. The Morgan fingerprint density at radius 3 is 2.58 bits per heavy atom. The zero-order valence-electron chi connectivity index (χ0n) is 10.7.